The van der Waals surface area contributed by atoms with Crippen LogP contribution in [-0.4, -0.2) is 40.8 Å². The predicted molar refractivity (Wildman–Crippen MR) is 86.9 cm³/mol. The Morgan fingerprint density at radius 1 is 1.33 bits per heavy atom. The van der Waals surface area contributed by atoms with Crippen molar-refractivity contribution in [2.75, 3.05) is 29.9 Å². The second kappa shape index (κ2) is 8.17. The third-order valence-corrected chi connectivity index (χ3v) is 3.96. The SMILES string of the molecule is CCCc1nc(NCC)cc(N(CCCO)C2CCC2)n1. The highest BCUT2D eigenvalue weighted by atomic mass is 16.3. The molecule has 1 aromatic heterocycles. The zero-order valence-electron chi connectivity index (χ0n) is 13.3. The molecule has 0 aliphatic heterocycles. The summed E-state index contributed by atoms with van der Waals surface area (Å²) < 4.78 is 0. The number of aliphatic hydroxyl groups excluding tert-OH is 1. The number of rotatable bonds is 9. The van der Waals surface area contributed by atoms with E-state index >= 15 is 0 Å². The second-order valence-electron chi connectivity index (χ2n) is 5.66. The number of hydrogen-bond donors (Lipinski definition) is 2. The monoisotopic (exact) mass is 292 g/mol. The lowest BCUT2D eigenvalue weighted by Crippen LogP contribution is -2.41. The van der Waals surface area contributed by atoms with Gasteiger partial charge in [0.05, 0.1) is 0 Å². The van der Waals surface area contributed by atoms with E-state index in [-0.39, 0.29) is 6.61 Å². The van der Waals surface area contributed by atoms with Crippen molar-refractivity contribution in [1.29, 1.82) is 0 Å². The normalized spacial score (nSPS) is 14.8. The Balaban J connectivity index is 2.23. The maximum absolute atomic E-state index is 9.14. The lowest BCUT2D eigenvalue weighted by atomic mass is 9.91. The van der Waals surface area contributed by atoms with Gasteiger partial charge >= 0.3 is 0 Å². The number of hydrogen-bond acceptors (Lipinski definition) is 5. The van der Waals surface area contributed by atoms with Crippen molar-refractivity contribution < 1.29 is 5.11 Å². The van der Waals surface area contributed by atoms with Crippen LogP contribution >= 0.6 is 0 Å². The number of aryl methyl sites for hydroxylation is 1. The van der Waals surface area contributed by atoms with Crippen LogP contribution in [0, 0.1) is 0 Å². The van der Waals surface area contributed by atoms with Gasteiger partial charge in [0, 0.05) is 38.2 Å². The maximum Gasteiger partial charge on any atom is 0.134 e. The Hall–Kier alpha value is -1.36. The van der Waals surface area contributed by atoms with Gasteiger partial charge in [-0.15, -0.1) is 0 Å². The Kier molecular flexibility index (Phi) is 6.23. The van der Waals surface area contributed by atoms with E-state index in [1.807, 2.05) is 0 Å². The summed E-state index contributed by atoms with van der Waals surface area (Å²) in [5.41, 5.74) is 0. The van der Waals surface area contributed by atoms with Gasteiger partial charge in [-0.05, 0) is 39.0 Å². The van der Waals surface area contributed by atoms with Gasteiger partial charge in [-0.2, -0.15) is 0 Å². The lowest BCUT2D eigenvalue weighted by molar-refractivity contribution is 0.282. The van der Waals surface area contributed by atoms with Gasteiger partial charge in [0.2, 0.25) is 0 Å². The molecule has 0 spiro atoms. The smallest absolute Gasteiger partial charge is 0.134 e. The molecular weight excluding hydrogens is 264 g/mol. The van der Waals surface area contributed by atoms with Crippen molar-refractivity contribution in [3.05, 3.63) is 11.9 Å². The topological polar surface area (TPSA) is 61.3 Å². The van der Waals surface area contributed by atoms with Crippen LogP contribution in [0.25, 0.3) is 0 Å². The highest BCUT2D eigenvalue weighted by Gasteiger charge is 2.26. The van der Waals surface area contributed by atoms with Crippen LogP contribution < -0.4 is 10.2 Å². The van der Waals surface area contributed by atoms with Crippen LogP contribution in [0.15, 0.2) is 6.07 Å². The number of nitrogens with zero attached hydrogens (tertiary/aromatic N) is 3. The molecule has 21 heavy (non-hydrogen) atoms. The summed E-state index contributed by atoms with van der Waals surface area (Å²) in [6.45, 7) is 6.20. The molecular formula is C16H28N4O. The first kappa shape index (κ1) is 16.0. The summed E-state index contributed by atoms with van der Waals surface area (Å²) >= 11 is 0. The molecule has 2 N–H and O–H groups in total. The maximum atomic E-state index is 9.14. The first-order valence-electron chi connectivity index (χ1n) is 8.27. The van der Waals surface area contributed by atoms with Crippen molar-refractivity contribution in [2.45, 2.75) is 58.4 Å². The molecule has 0 atom stereocenters. The largest absolute Gasteiger partial charge is 0.396 e. The Bertz CT molecular complexity index is 410. The molecule has 0 bridgehead atoms. The van der Waals surface area contributed by atoms with Crippen molar-refractivity contribution in [2.24, 2.45) is 0 Å². The zero-order valence-corrected chi connectivity index (χ0v) is 13.3. The minimum Gasteiger partial charge on any atom is -0.396 e. The van der Waals surface area contributed by atoms with Gasteiger partial charge in [-0.25, -0.2) is 9.97 Å². The Morgan fingerprint density at radius 2 is 2.14 bits per heavy atom. The molecule has 1 saturated carbocycles. The summed E-state index contributed by atoms with van der Waals surface area (Å²) in [5.74, 6) is 2.85. The van der Waals surface area contributed by atoms with Gasteiger partial charge in [-0.3, -0.25) is 0 Å². The fourth-order valence-electron chi connectivity index (χ4n) is 2.66. The molecule has 5 nitrogen and oxygen atoms in total. The molecule has 118 valence electrons. The molecule has 0 unspecified atom stereocenters. The van der Waals surface area contributed by atoms with E-state index in [0.29, 0.717) is 6.04 Å². The molecule has 1 heterocycles. The van der Waals surface area contributed by atoms with E-state index in [1.54, 1.807) is 0 Å². The molecule has 1 aliphatic rings. The van der Waals surface area contributed by atoms with E-state index in [2.05, 4.69) is 35.1 Å². The zero-order chi connectivity index (χ0) is 15.1. The standard InChI is InChI=1S/C16H28N4O/c1-3-7-14-18-15(17-4-2)12-16(19-14)20(10-6-11-21)13-8-5-9-13/h12-13,21H,3-11H2,1-2H3,(H,17,18,19). The number of aliphatic hydroxyl groups is 1. The Morgan fingerprint density at radius 3 is 2.71 bits per heavy atom. The molecule has 2 rings (SSSR count). The van der Waals surface area contributed by atoms with Gasteiger partial charge in [0.1, 0.15) is 17.5 Å². The molecule has 0 amide bonds. The van der Waals surface area contributed by atoms with Crippen LogP contribution in [0.4, 0.5) is 11.6 Å². The predicted octanol–water partition coefficient (Wildman–Crippen LogP) is 2.60. The van der Waals surface area contributed by atoms with Gasteiger partial charge in [0.25, 0.3) is 0 Å². The van der Waals surface area contributed by atoms with Gasteiger partial charge in [-0.1, -0.05) is 6.92 Å². The highest BCUT2D eigenvalue weighted by Crippen LogP contribution is 2.29. The third kappa shape index (κ3) is 4.30. The first-order valence-corrected chi connectivity index (χ1v) is 8.27. The molecule has 0 saturated heterocycles. The van der Waals surface area contributed by atoms with Crippen molar-refractivity contribution in [3.8, 4) is 0 Å². The van der Waals surface area contributed by atoms with Gasteiger partial charge < -0.3 is 15.3 Å². The van der Waals surface area contributed by atoms with E-state index < -0.39 is 0 Å². The van der Waals surface area contributed by atoms with Crippen LogP contribution in [-0.2, 0) is 6.42 Å². The molecule has 0 aromatic carbocycles. The summed E-state index contributed by atoms with van der Waals surface area (Å²) in [7, 11) is 0. The average Bonchev–Trinajstić information content (AvgIpc) is 2.41. The minimum atomic E-state index is 0.232. The number of nitrogens with one attached hydrogen (secondary N) is 1. The average molecular weight is 292 g/mol. The molecule has 0 radical (unpaired) electrons. The number of anilines is 2. The van der Waals surface area contributed by atoms with Crippen LogP contribution in [0.2, 0.25) is 0 Å². The van der Waals surface area contributed by atoms with Crippen molar-refractivity contribution in [3.63, 3.8) is 0 Å². The second-order valence-corrected chi connectivity index (χ2v) is 5.66. The van der Waals surface area contributed by atoms with Gasteiger partial charge in [0.15, 0.2) is 0 Å². The quantitative estimate of drug-likeness (QED) is 0.732. The summed E-state index contributed by atoms with van der Waals surface area (Å²) in [6, 6.07) is 2.63. The minimum absolute atomic E-state index is 0.232. The third-order valence-electron chi connectivity index (χ3n) is 3.96. The highest BCUT2D eigenvalue weighted by molar-refractivity contribution is 5.50. The molecule has 1 aromatic rings. The summed E-state index contributed by atoms with van der Waals surface area (Å²) in [4.78, 5) is 11.7. The first-order chi connectivity index (χ1) is 10.3. The Labute approximate surface area is 127 Å². The van der Waals surface area contributed by atoms with E-state index in [0.717, 1.165) is 49.8 Å². The lowest BCUT2D eigenvalue weighted by Gasteiger charge is -2.38. The fraction of sp³-hybridized carbons (Fsp3) is 0.750. The van der Waals surface area contributed by atoms with Crippen LogP contribution in [0.3, 0.4) is 0 Å². The molecule has 5 heteroatoms. The molecule has 1 fully saturated rings. The van der Waals surface area contributed by atoms with E-state index in [1.165, 1.54) is 19.3 Å². The van der Waals surface area contributed by atoms with Crippen molar-refractivity contribution in [1.82, 2.24) is 9.97 Å². The summed E-state index contributed by atoms with van der Waals surface area (Å²) in [6.07, 6.45) is 6.51. The van der Waals surface area contributed by atoms with Crippen LogP contribution in [0.5, 0.6) is 0 Å². The van der Waals surface area contributed by atoms with Crippen molar-refractivity contribution >= 4 is 11.6 Å². The van der Waals surface area contributed by atoms with Crippen LogP contribution in [0.1, 0.15) is 51.8 Å². The summed E-state index contributed by atoms with van der Waals surface area (Å²) in [5, 5.41) is 12.4. The fourth-order valence-corrected chi connectivity index (χ4v) is 2.66. The van der Waals surface area contributed by atoms with E-state index in [4.69, 9.17) is 10.1 Å². The number of aromatic nitrogens is 2. The van der Waals surface area contributed by atoms with E-state index in [9.17, 15) is 0 Å². The molecule has 1 aliphatic carbocycles.